The van der Waals surface area contributed by atoms with Gasteiger partial charge in [-0.1, -0.05) is 30.3 Å². The number of hydrogen-bond acceptors (Lipinski definition) is 4. The van der Waals surface area contributed by atoms with Crippen molar-refractivity contribution in [2.24, 2.45) is 0 Å². The van der Waals surface area contributed by atoms with Gasteiger partial charge in [-0.3, -0.25) is 4.79 Å². The number of nitrogens with one attached hydrogen (secondary N) is 1. The molecule has 0 radical (unpaired) electrons. The number of nitrogens with zero attached hydrogens (tertiary/aromatic N) is 1. The van der Waals surface area contributed by atoms with Gasteiger partial charge in [-0.05, 0) is 56.7 Å². The second kappa shape index (κ2) is 8.43. The van der Waals surface area contributed by atoms with E-state index in [1.54, 1.807) is 6.92 Å². The number of aryl methyl sites for hydroxylation is 2. The topological polar surface area (TPSA) is 73.3 Å². The molecule has 0 amide bonds. The average molecular weight is 445 g/mol. The molecule has 0 spiro atoms. The largest absolute Gasteiger partial charge is 0.462 e. The van der Waals surface area contributed by atoms with Gasteiger partial charge >= 0.3 is 11.9 Å². The Balaban J connectivity index is 1.89. The van der Waals surface area contributed by atoms with E-state index >= 15 is 0 Å². The van der Waals surface area contributed by atoms with Crippen LogP contribution in [0.15, 0.2) is 36.4 Å². The third kappa shape index (κ3) is 3.59. The molecule has 4 aromatic rings. The first kappa shape index (κ1) is 21.3. The molecule has 0 fully saturated rings. The number of rotatable bonds is 5. The molecule has 170 valence electrons. The average Bonchev–Trinajstić information content (AvgIpc) is 3.30. The van der Waals surface area contributed by atoms with Gasteiger partial charge in [0.15, 0.2) is 5.75 Å². The summed E-state index contributed by atoms with van der Waals surface area (Å²) in [6, 6.07) is 12.0. The Kier molecular flexibility index (Phi) is 5.44. The molecular weight excluding hydrogens is 416 g/mol. The Labute approximate surface area is 192 Å². The van der Waals surface area contributed by atoms with Crippen LogP contribution in [0.5, 0.6) is 5.75 Å². The molecule has 0 saturated carbocycles. The molecule has 2 aromatic carbocycles. The summed E-state index contributed by atoms with van der Waals surface area (Å²) in [5, 5.41) is 1.81. The molecule has 2 heterocycles. The van der Waals surface area contributed by atoms with E-state index < -0.39 is 0 Å². The zero-order valence-corrected chi connectivity index (χ0v) is 19.3. The van der Waals surface area contributed by atoms with Gasteiger partial charge in [0.1, 0.15) is 0 Å². The van der Waals surface area contributed by atoms with Crippen molar-refractivity contribution in [2.75, 3.05) is 6.61 Å². The molecule has 2 aromatic heterocycles. The minimum absolute atomic E-state index is 0.294. The Morgan fingerprint density at radius 1 is 1.12 bits per heavy atom. The molecule has 1 aliphatic rings. The van der Waals surface area contributed by atoms with Crippen molar-refractivity contribution >= 4 is 33.7 Å². The lowest BCUT2D eigenvalue weighted by Crippen LogP contribution is -2.08. The van der Waals surface area contributed by atoms with E-state index in [1.807, 2.05) is 31.2 Å². The Bertz CT molecular complexity index is 1380. The van der Waals surface area contributed by atoms with Crippen molar-refractivity contribution in [3.63, 3.8) is 0 Å². The number of benzene rings is 2. The van der Waals surface area contributed by atoms with Crippen molar-refractivity contribution in [1.82, 2.24) is 9.55 Å². The molecular formula is C27H28N2O4. The highest BCUT2D eigenvalue weighted by atomic mass is 16.5. The lowest BCUT2D eigenvalue weighted by Gasteiger charge is -2.14. The normalized spacial score (nSPS) is 13.3. The minimum Gasteiger partial charge on any atom is -0.462 e. The van der Waals surface area contributed by atoms with Crippen molar-refractivity contribution in [1.29, 1.82) is 0 Å². The van der Waals surface area contributed by atoms with E-state index in [2.05, 4.69) is 21.7 Å². The minimum atomic E-state index is -0.388. The second-order valence-corrected chi connectivity index (χ2v) is 8.66. The summed E-state index contributed by atoms with van der Waals surface area (Å²) >= 11 is 0. The maximum atomic E-state index is 13.1. The van der Waals surface area contributed by atoms with Crippen LogP contribution in [0, 0.1) is 6.92 Å². The van der Waals surface area contributed by atoms with Gasteiger partial charge in [-0.15, -0.1) is 0 Å². The number of carbonyl (C=O) groups is 2. The third-order valence-electron chi connectivity index (χ3n) is 6.53. The van der Waals surface area contributed by atoms with E-state index in [-0.39, 0.29) is 11.9 Å². The number of aromatic amines is 1. The van der Waals surface area contributed by atoms with E-state index in [1.165, 1.54) is 18.2 Å². The van der Waals surface area contributed by atoms with Gasteiger partial charge in [-0.25, -0.2) is 4.79 Å². The zero-order chi connectivity index (χ0) is 23.1. The highest BCUT2D eigenvalue weighted by Crippen LogP contribution is 2.42. The van der Waals surface area contributed by atoms with Crippen LogP contribution in [-0.2, 0) is 28.9 Å². The molecule has 1 N–H and O–H groups in total. The first-order valence-corrected chi connectivity index (χ1v) is 11.6. The number of fused-ring (bicyclic) bond motifs is 5. The lowest BCUT2D eigenvalue weighted by molar-refractivity contribution is -0.131. The Morgan fingerprint density at radius 2 is 1.88 bits per heavy atom. The molecule has 0 atom stereocenters. The van der Waals surface area contributed by atoms with Crippen LogP contribution < -0.4 is 4.74 Å². The van der Waals surface area contributed by atoms with Gasteiger partial charge < -0.3 is 19.0 Å². The SMILES string of the molecule is CCOC(=O)c1c(C)n(Cc2ccccc2)c2c1cc(OC(C)=O)c1[nH]c3c(c12)CCCC3. The Morgan fingerprint density at radius 3 is 2.61 bits per heavy atom. The van der Waals surface area contributed by atoms with Gasteiger partial charge in [0.25, 0.3) is 0 Å². The summed E-state index contributed by atoms with van der Waals surface area (Å²) in [6.07, 6.45) is 4.17. The maximum Gasteiger partial charge on any atom is 0.340 e. The monoisotopic (exact) mass is 444 g/mol. The third-order valence-corrected chi connectivity index (χ3v) is 6.53. The number of carbonyl (C=O) groups excluding carboxylic acids is 2. The van der Waals surface area contributed by atoms with Gasteiger partial charge in [-0.2, -0.15) is 0 Å². The van der Waals surface area contributed by atoms with Crippen LogP contribution in [0.2, 0.25) is 0 Å². The smallest absolute Gasteiger partial charge is 0.340 e. The molecule has 5 rings (SSSR count). The fraction of sp³-hybridized carbons (Fsp3) is 0.333. The molecule has 1 aliphatic carbocycles. The summed E-state index contributed by atoms with van der Waals surface area (Å²) in [5.74, 6) is -0.285. The molecule has 0 unspecified atom stereocenters. The van der Waals surface area contributed by atoms with Crippen LogP contribution in [0.4, 0.5) is 0 Å². The van der Waals surface area contributed by atoms with Gasteiger partial charge in [0.2, 0.25) is 0 Å². The summed E-state index contributed by atoms with van der Waals surface area (Å²) in [7, 11) is 0. The fourth-order valence-electron chi connectivity index (χ4n) is 5.16. The van der Waals surface area contributed by atoms with Crippen LogP contribution >= 0.6 is 0 Å². The predicted octanol–water partition coefficient (Wildman–Crippen LogP) is 5.46. The fourth-order valence-corrected chi connectivity index (χ4v) is 5.16. The van der Waals surface area contributed by atoms with E-state index in [4.69, 9.17) is 9.47 Å². The molecule has 33 heavy (non-hydrogen) atoms. The number of ether oxygens (including phenoxy) is 2. The summed E-state index contributed by atoms with van der Waals surface area (Å²) in [5.41, 5.74) is 6.80. The van der Waals surface area contributed by atoms with Gasteiger partial charge in [0, 0.05) is 35.6 Å². The number of H-pyrrole nitrogens is 1. The Hall–Kier alpha value is -3.54. The second-order valence-electron chi connectivity index (χ2n) is 8.66. The van der Waals surface area contributed by atoms with Crippen molar-refractivity contribution in [2.45, 2.75) is 53.0 Å². The zero-order valence-electron chi connectivity index (χ0n) is 19.3. The first-order chi connectivity index (χ1) is 16.0. The predicted molar refractivity (Wildman–Crippen MR) is 128 cm³/mol. The molecule has 0 saturated heterocycles. The molecule has 6 heteroatoms. The van der Waals surface area contributed by atoms with Crippen molar-refractivity contribution in [3.8, 4) is 5.75 Å². The van der Waals surface area contributed by atoms with Crippen LogP contribution in [0.25, 0.3) is 21.8 Å². The number of esters is 2. The standard InChI is InChI=1S/C27H28N2O4/c1-4-32-27(31)23-16(2)29(15-18-10-6-5-7-11-18)26-20(23)14-22(33-17(3)30)25-24(26)19-12-8-9-13-21(19)28-25/h5-7,10-11,14,28H,4,8-9,12-13,15H2,1-3H3. The van der Waals surface area contributed by atoms with Crippen LogP contribution in [-0.4, -0.2) is 28.1 Å². The quantitative estimate of drug-likeness (QED) is 0.328. The highest BCUT2D eigenvalue weighted by molar-refractivity contribution is 6.17. The van der Waals surface area contributed by atoms with E-state index in [0.29, 0.717) is 24.5 Å². The van der Waals surface area contributed by atoms with E-state index in [9.17, 15) is 9.59 Å². The lowest BCUT2D eigenvalue weighted by atomic mass is 9.94. The molecule has 0 bridgehead atoms. The molecule has 6 nitrogen and oxygen atoms in total. The maximum absolute atomic E-state index is 13.1. The first-order valence-electron chi connectivity index (χ1n) is 11.6. The summed E-state index contributed by atoms with van der Waals surface area (Å²) in [4.78, 5) is 28.6. The number of hydrogen-bond donors (Lipinski definition) is 1. The van der Waals surface area contributed by atoms with Crippen molar-refractivity contribution < 1.29 is 19.1 Å². The van der Waals surface area contributed by atoms with Crippen LogP contribution in [0.1, 0.15) is 59.6 Å². The summed E-state index contributed by atoms with van der Waals surface area (Å²) in [6.45, 7) is 6.09. The van der Waals surface area contributed by atoms with Crippen molar-refractivity contribution in [3.05, 3.63) is 64.5 Å². The highest BCUT2D eigenvalue weighted by Gasteiger charge is 2.28. The van der Waals surface area contributed by atoms with Gasteiger partial charge in [0.05, 0.1) is 23.2 Å². The van der Waals surface area contributed by atoms with Crippen LogP contribution in [0.3, 0.4) is 0 Å². The molecule has 0 aliphatic heterocycles. The summed E-state index contributed by atoms with van der Waals surface area (Å²) < 4.78 is 13.3. The van der Waals surface area contributed by atoms with E-state index in [0.717, 1.165) is 58.7 Å². The number of aromatic nitrogens is 2.